The fourth-order valence-electron chi connectivity index (χ4n) is 2.24. The fourth-order valence-corrected chi connectivity index (χ4v) is 2.24. The first kappa shape index (κ1) is 13.1. The Labute approximate surface area is 120 Å². The van der Waals surface area contributed by atoms with Crippen LogP contribution in [-0.4, -0.2) is 20.9 Å². The predicted molar refractivity (Wildman–Crippen MR) is 75.9 cm³/mol. The molecule has 104 valence electrons. The summed E-state index contributed by atoms with van der Waals surface area (Å²) in [6, 6.07) is 15.1. The smallest absolute Gasteiger partial charge is 0.339 e. The molecular formula is C16H11FN2O2. The van der Waals surface area contributed by atoms with E-state index < -0.39 is 11.8 Å². The zero-order chi connectivity index (χ0) is 14.8. The van der Waals surface area contributed by atoms with Gasteiger partial charge in [0.15, 0.2) is 0 Å². The second-order valence-corrected chi connectivity index (χ2v) is 4.43. The molecule has 0 fully saturated rings. The van der Waals surface area contributed by atoms with Crippen molar-refractivity contribution in [3.05, 3.63) is 72.2 Å². The first-order valence-corrected chi connectivity index (χ1v) is 6.30. The molecule has 0 unspecified atom stereocenters. The number of para-hydroxylation sites is 1. The van der Waals surface area contributed by atoms with Crippen LogP contribution in [0, 0.1) is 5.82 Å². The van der Waals surface area contributed by atoms with Gasteiger partial charge in [0.05, 0.1) is 17.6 Å². The molecule has 21 heavy (non-hydrogen) atoms. The molecule has 0 bridgehead atoms. The highest BCUT2D eigenvalue weighted by molar-refractivity contribution is 5.96. The van der Waals surface area contributed by atoms with Crippen LogP contribution in [0.4, 0.5) is 4.39 Å². The van der Waals surface area contributed by atoms with Crippen molar-refractivity contribution in [1.29, 1.82) is 0 Å². The van der Waals surface area contributed by atoms with Crippen molar-refractivity contribution in [2.24, 2.45) is 0 Å². The molecule has 0 radical (unpaired) electrons. The monoisotopic (exact) mass is 282 g/mol. The Morgan fingerprint density at radius 3 is 2.52 bits per heavy atom. The summed E-state index contributed by atoms with van der Waals surface area (Å²) in [5, 5.41) is 13.4. The summed E-state index contributed by atoms with van der Waals surface area (Å²) in [6.45, 7) is 0. The van der Waals surface area contributed by atoms with E-state index in [0.717, 1.165) is 11.8 Å². The number of carboxylic acid groups (broad SMARTS) is 1. The van der Waals surface area contributed by atoms with Gasteiger partial charge in [0.25, 0.3) is 0 Å². The van der Waals surface area contributed by atoms with Crippen LogP contribution in [0.25, 0.3) is 16.9 Å². The number of halogens is 1. The largest absolute Gasteiger partial charge is 0.478 e. The van der Waals surface area contributed by atoms with Gasteiger partial charge >= 0.3 is 5.97 Å². The summed E-state index contributed by atoms with van der Waals surface area (Å²) < 4.78 is 15.4. The highest BCUT2D eigenvalue weighted by Crippen LogP contribution is 2.27. The van der Waals surface area contributed by atoms with Crippen LogP contribution in [0.1, 0.15) is 10.4 Å². The molecule has 3 rings (SSSR count). The van der Waals surface area contributed by atoms with Gasteiger partial charge in [-0.25, -0.2) is 13.9 Å². The topological polar surface area (TPSA) is 55.1 Å². The predicted octanol–water partition coefficient (Wildman–Crippen LogP) is 3.38. The Balaban J connectivity index is 2.22. The third-order valence-corrected chi connectivity index (χ3v) is 3.15. The zero-order valence-electron chi connectivity index (χ0n) is 10.9. The molecule has 0 amide bonds. The highest BCUT2D eigenvalue weighted by atomic mass is 19.1. The molecule has 5 heteroatoms. The van der Waals surface area contributed by atoms with Crippen molar-refractivity contribution in [3.8, 4) is 16.9 Å². The third kappa shape index (κ3) is 2.29. The van der Waals surface area contributed by atoms with Gasteiger partial charge in [-0.15, -0.1) is 0 Å². The number of carboxylic acids is 1. The van der Waals surface area contributed by atoms with Crippen molar-refractivity contribution >= 4 is 5.97 Å². The van der Waals surface area contributed by atoms with Crippen LogP contribution in [0.3, 0.4) is 0 Å². The summed E-state index contributed by atoms with van der Waals surface area (Å²) in [5.41, 5.74) is 1.25. The second-order valence-electron chi connectivity index (χ2n) is 4.43. The van der Waals surface area contributed by atoms with Gasteiger partial charge in [0, 0.05) is 5.56 Å². The Morgan fingerprint density at radius 2 is 1.81 bits per heavy atom. The Hall–Kier alpha value is -2.95. The molecule has 3 aromatic rings. The normalized spacial score (nSPS) is 10.5. The van der Waals surface area contributed by atoms with Crippen LogP contribution in [0.2, 0.25) is 0 Å². The van der Waals surface area contributed by atoms with E-state index in [1.165, 1.54) is 6.07 Å². The average Bonchev–Trinajstić information content (AvgIpc) is 2.96. The lowest BCUT2D eigenvalue weighted by Gasteiger charge is -2.10. The molecule has 0 saturated heterocycles. The summed E-state index contributed by atoms with van der Waals surface area (Å²) in [4.78, 5) is 11.3. The maximum Gasteiger partial charge on any atom is 0.339 e. The molecule has 4 nitrogen and oxygen atoms in total. The van der Waals surface area contributed by atoms with Crippen molar-refractivity contribution in [3.63, 3.8) is 0 Å². The lowest BCUT2D eigenvalue weighted by atomic mass is 10.0. The van der Waals surface area contributed by atoms with Gasteiger partial charge in [-0.2, -0.15) is 5.10 Å². The van der Waals surface area contributed by atoms with Crippen molar-refractivity contribution in [1.82, 2.24) is 9.78 Å². The average molecular weight is 282 g/mol. The van der Waals surface area contributed by atoms with Crippen LogP contribution in [-0.2, 0) is 0 Å². The van der Waals surface area contributed by atoms with Crippen LogP contribution >= 0.6 is 0 Å². The molecule has 0 spiro atoms. The van der Waals surface area contributed by atoms with Crippen LogP contribution in [0.15, 0.2) is 60.8 Å². The molecule has 0 atom stereocenters. The van der Waals surface area contributed by atoms with E-state index in [1.54, 1.807) is 23.0 Å². The van der Waals surface area contributed by atoms with E-state index in [4.69, 9.17) is 0 Å². The zero-order valence-corrected chi connectivity index (χ0v) is 10.9. The minimum atomic E-state index is -1.30. The maximum atomic E-state index is 13.8. The summed E-state index contributed by atoms with van der Waals surface area (Å²) in [5.74, 6) is -2.07. The Morgan fingerprint density at radius 1 is 1.05 bits per heavy atom. The molecule has 0 aliphatic carbocycles. The summed E-state index contributed by atoms with van der Waals surface area (Å²) in [7, 11) is 0. The number of aromatic nitrogens is 2. The first-order chi connectivity index (χ1) is 10.2. The second kappa shape index (κ2) is 5.20. The highest BCUT2D eigenvalue weighted by Gasteiger charge is 2.19. The fraction of sp³-hybridized carbons (Fsp3) is 0. The van der Waals surface area contributed by atoms with E-state index >= 15 is 0 Å². The maximum absolute atomic E-state index is 13.8. The number of carbonyl (C=O) groups is 1. The SMILES string of the molecule is O=C(O)c1c(F)cccc1-c1ccnn1-c1ccccc1. The molecule has 2 aromatic carbocycles. The van der Waals surface area contributed by atoms with Gasteiger partial charge in [-0.1, -0.05) is 30.3 Å². The Bertz CT molecular complexity index is 797. The lowest BCUT2D eigenvalue weighted by Crippen LogP contribution is -2.06. The lowest BCUT2D eigenvalue weighted by molar-refractivity contribution is 0.0693. The third-order valence-electron chi connectivity index (χ3n) is 3.15. The number of hydrogen-bond acceptors (Lipinski definition) is 2. The molecule has 0 saturated carbocycles. The quantitative estimate of drug-likeness (QED) is 0.801. The van der Waals surface area contributed by atoms with Crippen LogP contribution < -0.4 is 0 Å². The van der Waals surface area contributed by atoms with E-state index in [9.17, 15) is 14.3 Å². The summed E-state index contributed by atoms with van der Waals surface area (Å²) in [6.07, 6.45) is 1.55. The van der Waals surface area contributed by atoms with Gasteiger partial charge in [-0.05, 0) is 24.3 Å². The number of rotatable bonds is 3. The van der Waals surface area contributed by atoms with Crippen molar-refractivity contribution < 1.29 is 14.3 Å². The minimum Gasteiger partial charge on any atom is -0.478 e. The first-order valence-electron chi connectivity index (χ1n) is 6.30. The van der Waals surface area contributed by atoms with E-state index in [-0.39, 0.29) is 5.56 Å². The van der Waals surface area contributed by atoms with Crippen LogP contribution in [0.5, 0.6) is 0 Å². The Kier molecular flexibility index (Phi) is 3.23. The molecular weight excluding hydrogens is 271 g/mol. The van der Waals surface area contributed by atoms with E-state index in [0.29, 0.717) is 11.3 Å². The van der Waals surface area contributed by atoms with E-state index in [2.05, 4.69) is 5.10 Å². The number of benzene rings is 2. The number of aromatic carboxylic acids is 1. The van der Waals surface area contributed by atoms with Gasteiger partial charge in [0.1, 0.15) is 11.4 Å². The van der Waals surface area contributed by atoms with Gasteiger partial charge < -0.3 is 5.11 Å². The number of nitrogens with zero attached hydrogens (tertiary/aromatic N) is 2. The molecule has 1 N–H and O–H groups in total. The van der Waals surface area contributed by atoms with Crippen molar-refractivity contribution in [2.75, 3.05) is 0 Å². The van der Waals surface area contributed by atoms with Crippen molar-refractivity contribution in [2.45, 2.75) is 0 Å². The van der Waals surface area contributed by atoms with E-state index in [1.807, 2.05) is 30.3 Å². The standard InChI is InChI=1S/C16H11FN2O2/c17-13-8-4-7-12(15(13)16(20)21)14-9-10-18-19(14)11-5-2-1-3-6-11/h1-10H,(H,20,21). The van der Waals surface area contributed by atoms with Gasteiger partial charge in [0.2, 0.25) is 0 Å². The molecule has 1 aromatic heterocycles. The number of hydrogen-bond donors (Lipinski definition) is 1. The minimum absolute atomic E-state index is 0.295. The van der Waals surface area contributed by atoms with Gasteiger partial charge in [-0.3, -0.25) is 0 Å². The molecule has 0 aliphatic heterocycles. The molecule has 0 aliphatic rings. The summed E-state index contributed by atoms with van der Waals surface area (Å²) >= 11 is 0. The molecule has 1 heterocycles.